The lowest BCUT2D eigenvalue weighted by Crippen LogP contribution is -2.49. The summed E-state index contributed by atoms with van der Waals surface area (Å²) in [5.41, 5.74) is 1.36. The van der Waals surface area contributed by atoms with E-state index in [1.54, 1.807) is 29.5 Å². The van der Waals surface area contributed by atoms with Crippen LogP contribution in [-0.2, 0) is 14.8 Å². The number of morpholine rings is 1. The minimum Gasteiger partial charge on any atom is -0.373 e. The van der Waals surface area contributed by atoms with Crippen LogP contribution in [0.1, 0.15) is 24.3 Å². The largest absolute Gasteiger partial charge is 0.373 e. The van der Waals surface area contributed by atoms with Crippen LogP contribution in [0.25, 0.3) is 0 Å². The minimum absolute atomic E-state index is 0.0200. The molecule has 2 heterocycles. The first kappa shape index (κ1) is 22.3. The van der Waals surface area contributed by atoms with Crippen LogP contribution < -0.4 is 10.6 Å². The maximum atomic E-state index is 12.5. The average Bonchev–Trinajstić information content (AvgIpc) is 3.19. The first-order valence-corrected chi connectivity index (χ1v) is 12.1. The highest BCUT2D eigenvalue weighted by Crippen LogP contribution is 2.15. The fourth-order valence-electron chi connectivity index (χ4n) is 3.11. The highest BCUT2D eigenvalue weighted by Gasteiger charge is 2.30. The Morgan fingerprint density at radius 2 is 1.97 bits per heavy atom. The van der Waals surface area contributed by atoms with E-state index in [2.05, 4.69) is 22.5 Å². The number of carbonyl (C=O) groups is 1. The van der Waals surface area contributed by atoms with Crippen molar-refractivity contribution in [3.8, 4) is 11.8 Å². The predicted molar refractivity (Wildman–Crippen MR) is 119 cm³/mol. The molecule has 3 rings (SSSR count). The van der Waals surface area contributed by atoms with Crippen LogP contribution in [0.5, 0.6) is 0 Å². The smallest absolute Gasteiger partial charge is 0.319 e. The monoisotopic (exact) mass is 447 g/mol. The van der Waals surface area contributed by atoms with Crippen molar-refractivity contribution < 1.29 is 17.9 Å². The van der Waals surface area contributed by atoms with E-state index >= 15 is 0 Å². The van der Waals surface area contributed by atoms with Gasteiger partial charge in [-0.05, 0) is 43.5 Å². The summed E-state index contributed by atoms with van der Waals surface area (Å²) < 4.78 is 32.0. The maximum Gasteiger partial charge on any atom is 0.319 e. The third-order valence-electron chi connectivity index (χ3n) is 4.40. The molecular formula is C21H25N3O4S2. The Labute approximate surface area is 181 Å². The van der Waals surface area contributed by atoms with E-state index in [0.717, 1.165) is 10.4 Å². The molecule has 1 aliphatic heterocycles. The Balaban J connectivity index is 1.49. The third kappa shape index (κ3) is 6.57. The van der Waals surface area contributed by atoms with Gasteiger partial charge in [0.25, 0.3) is 0 Å². The summed E-state index contributed by atoms with van der Waals surface area (Å²) >= 11 is 1.57. The zero-order valence-corrected chi connectivity index (χ0v) is 18.6. The van der Waals surface area contributed by atoms with Crippen molar-refractivity contribution in [3.05, 3.63) is 52.2 Å². The van der Waals surface area contributed by atoms with Gasteiger partial charge in [0.15, 0.2) is 0 Å². The first-order chi connectivity index (χ1) is 14.3. The molecule has 1 aliphatic rings. The fraction of sp³-hybridized carbons (Fsp3) is 0.381. The number of sulfonamides is 1. The van der Waals surface area contributed by atoms with Gasteiger partial charge >= 0.3 is 6.03 Å². The number of carbonyl (C=O) groups excluding carboxylic acids is 1. The van der Waals surface area contributed by atoms with Crippen LogP contribution >= 0.6 is 11.3 Å². The Morgan fingerprint density at radius 1 is 1.20 bits per heavy atom. The summed E-state index contributed by atoms with van der Waals surface area (Å²) in [6.45, 7) is 4.38. The lowest BCUT2D eigenvalue weighted by Gasteiger charge is -2.34. The zero-order valence-electron chi connectivity index (χ0n) is 16.9. The van der Waals surface area contributed by atoms with Crippen molar-refractivity contribution in [2.45, 2.75) is 26.1 Å². The van der Waals surface area contributed by atoms with Crippen LogP contribution in [0.4, 0.5) is 10.5 Å². The van der Waals surface area contributed by atoms with Crippen LogP contribution in [-0.4, -0.2) is 56.3 Å². The van der Waals surface area contributed by atoms with E-state index in [4.69, 9.17) is 4.74 Å². The Morgan fingerprint density at radius 3 is 2.67 bits per heavy atom. The second-order valence-electron chi connectivity index (χ2n) is 7.08. The molecule has 0 unspecified atom stereocenters. The topological polar surface area (TPSA) is 87.7 Å². The summed E-state index contributed by atoms with van der Waals surface area (Å²) in [6.07, 6.45) is -0.287. The highest BCUT2D eigenvalue weighted by atomic mass is 32.2. The number of urea groups is 1. The molecular weight excluding hydrogens is 422 g/mol. The quantitative estimate of drug-likeness (QED) is 0.690. The summed E-state index contributed by atoms with van der Waals surface area (Å²) in [6, 6.07) is 10.6. The molecule has 0 bridgehead atoms. The molecule has 9 heteroatoms. The van der Waals surface area contributed by atoms with Gasteiger partial charge in [-0.3, -0.25) is 0 Å². The molecule has 1 fully saturated rings. The van der Waals surface area contributed by atoms with E-state index in [-0.39, 0.29) is 24.5 Å². The molecule has 2 N–H and O–H groups in total. The minimum atomic E-state index is -3.46. The maximum absolute atomic E-state index is 12.5. The van der Waals surface area contributed by atoms with Gasteiger partial charge in [0, 0.05) is 30.9 Å². The number of hydrogen-bond acceptors (Lipinski definition) is 5. The number of ether oxygens (including phenoxy) is 1. The van der Waals surface area contributed by atoms with Gasteiger partial charge in [0.05, 0.1) is 22.8 Å². The van der Waals surface area contributed by atoms with Gasteiger partial charge in [-0.15, -0.1) is 11.3 Å². The van der Waals surface area contributed by atoms with Crippen LogP contribution in [0, 0.1) is 11.8 Å². The van der Waals surface area contributed by atoms with E-state index in [9.17, 15) is 13.2 Å². The number of hydrogen-bond donors (Lipinski definition) is 2. The molecule has 0 saturated carbocycles. The number of nitrogens with zero attached hydrogens (tertiary/aromatic N) is 1. The summed E-state index contributed by atoms with van der Waals surface area (Å²) in [7, 11) is -3.46. The predicted octanol–water partition coefficient (Wildman–Crippen LogP) is 2.71. The average molecular weight is 448 g/mol. The van der Waals surface area contributed by atoms with Crippen molar-refractivity contribution in [3.63, 3.8) is 0 Å². The summed E-state index contributed by atoms with van der Waals surface area (Å²) in [5, 5.41) is 7.28. The SMILES string of the molecule is C[C@H]1CN(S(=O)(=O)CCNC(=O)Nc2cccc(C#Cc3cccs3)c2)C[C@H](C)O1. The van der Waals surface area contributed by atoms with Crippen LogP contribution in [0.3, 0.4) is 0 Å². The molecule has 1 aromatic carbocycles. The lowest BCUT2D eigenvalue weighted by atomic mass is 10.2. The molecule has 1 saturated heterocycles. The van der Waals surface area contributed by atoms with Crippen molar-refractivity contribution in [2.24, 2.45) is 0 Å². The van der Waals surface area contributed by atoms with Crippen LogP contribution in [0.2, 0.25) is 0 Å². The molecule has 2 aromatic rings. The van der Waals surface area contributed by atoms with Crippen LogP contribution in [0.15, 0.2) is 41.8 Å². The molecule has 2 amide bonds. The number of amides is 2. The van der Waals surface area contributed by atoms with Crippen molar-refractivity contribution >= 4 is 33.1 Å². The molecule has 2 atom stereocenters. The molecule has 0 spiro atoms. The standard InChI is InChI=1S/C21H25N3O4S2/c1-16-14-24(15-17(2)28-16)30(26,27)12-10-22-21(25)23-19-6-3-5-18(13-19)8-9-20-7-4-11-29-20/h3-7,11,13,16-17H,10,12,14-15H2,1-2H3,(H2,22,23,25)/t16-,17-/m0/s1. The summed E-state index contributed by atoms with van der Waals surface area (Å²) in [5.74, 6) is 5.97. The number of anilines is 1. The molecule has 160 valence electrons. The van der Waals surface area contributed by atoms with Gasteiger partial charge in [-0.25, -0.2) is 13.2 Å². The van der Waals surface area contributed by atoms with Crippen molar-refractivity contribution in [1.82, 2.24) is 9.62 Å². The molecule has 0 aliphatic carbocycles. The van der Waals surface area contributed by atoms with E-state index < -0.39 is 16.1 Å². The molecule has 0 radical (unpaired) electrons. The zero-order chi connectivity index (χ0) is 21.6. The number of nitrogens with one attached hydrogen (secondary N) is 2. The van der Waals surface area contributed by atoms with Crippen molar-refractivity contribution in [2.75, 3.05) is 30.7 Å². The van der Waals surface area contributed by atoms with Gasteiger partial charge in [0.2, 0.25) is 10.0 Å². The second-order valence-corrected chi connectivity index (χ2v) is 10.1. The first-order valence-electron chi connectivity index (χ1n) is 9.65. The highest BCUT2D eigenvalue weighted by molar-refractivity contribution is 7.89. The van der Waals surface area contributed by atoms with E-state index in [0.29, 0.717) is 18.8 Å². The van der Waals surface area contributed by atoms with Gasteiger partial charge in [-0.2, -0.15) is 4.31 Å². The normalized spacial score (nSPS) is 19.5. The van der Waals surface area contributed by atoms with Gasteiger partial charge in [-0.1, -0.05) is 24.0 Å². The Kier molecular flexibility index (Phi) is 7.50. The molecule has 30 heavy (non-hydrogen) atoms. The Hall–Kier alpha value is -2.38. The number of benzene rings is 1. The number of thiophene rings is 1. The molecule has 7 nitrogen and oxygen atoms in total. The molecule has 1 aromatic heterocycles. The van der Waals surface area contributed by atoms with E-state index in [1.165, 1.54) is 4.31 Å². The summed E-state index contributed by atoms with van der Waals surface area (Å²) in [4.78, 5) is 13.1. The van der Waals surface area contributed by atoms with E-state index in [1.807, 2.05) is 37.4 Å². The van der Waals surface area contributed by atoms with Gasteiger partial charge in [0.1, 0.15) is 0 Å². The van der Waals surface area contributed by atoms with Gasteiger partial charge < -0.3 is 15.4 Å². The van der Waals surface area contributed by atoms with Crippen molar-refractivity contribution in [1.29, 1.82) is 0 Å². The third-order valence-corrected chi connectivity index (χ3v) is 6.99. The fourth-order valence-corrected chi connectivity index (χ4v) is 5.18. The Bertz CT molecular complexity index is 1020. The lowest BCUT2D eigenvalue weighted by molar-refractivity contribution is -0.0440. The number of rotatable bonds is 5. The second kappa shape index (κ2) is 10.1.